The molecule has 23 heavy (non-hydrogen) atoms. The first-order valence-electron chi connectivity index (χ1n) is 7.38. The summed E-state index contributed by atoms with van der Waals surface area (Å²) in [6.07, 6.45) is 0. The molecule has 1 aromatic heterocycles. The van der Waals surface area contributed by atoms with Gasteiger partial charge in [-0.05, 0) is 24.6 Å². The van der Waals surface area contributed by atoms with Crippen molar-refractivity contribution in [3.05, 3.63) is 35.0 Å². The van der Waals surface area contributed by atoms with E-state index < -0.39 is 0 Å². The fraction of sp³-hybridized carbons (Fsp3) is 0.375. The maximum atomic E-state index is 12.9. The van der Waals surface area contributed by atoms with Gasteiger partial charge in [0.05, 0.1) is 22.4 Å². The molecular weight excluding hydrogens is 330 g/mol. The van der Waals surface area contributed by atoms with Gasteiger partial charge in [0.2, 0.25) is 0 Å². The van der Waals surface area contributed by atoms with Gasteiger partial charge in [0.25, 0.3) is 5.91 Å². The lowest BCUT2D eigenvalue weighted by Crippen LogP contribution is -2.39. The number of thiazole rings is 1. The predicted molar refractivity (Wildman–Crippen MR) is 95.2 cm³/mol. The summed E-state index contributed by atoms with van der Waals surface area (Å²) in [5.74, 6) is 1.65. The Morgan fingerprint density at radius 3 is 3.09 bits per heavy atom. The number of amides is 1. The van der Waals surface area contributed by atoms with Crippen LogP contribution in [0.1, 0.15) is 15.5 Å². The Labute approximate surface area is 143 Å². The van der Waals surface area contributed by atoms with Crippen LogP contribution in [0.25, 0.3) is 10.4 Å². The lowest BCUT2D eigenvalue weighted by atomic mass is 10.1. The summed E-state index contributed by atoms with van der Waals surface area (Å²) in [7, 11) is 1.64. The van der Waals surface area contributed by atoms with E-state index in [4.69, 9.17) is 10.5 Å². The van der Waals surface area contributed by atoms with E-state index in [1.807, 2.05) is 36.1 Å². The predicted octanol–water partition coefficient (Wildman–Crippen LogP) is 2.60. The Kier molecular flexibility index (Phi) is 4.89. The Hall–Kier alpha value is -1.57. The molecule has 3 rings (SSSR count). The first-order valence-corrected chi connectivity index (χ1v) is 9.25. The summed E-state index contributed by atoms with van der Waals surface area (Å²) >= 11 is 3.25. The van der Waals surface area contributed by atoms with Gasteiger partial charge in [-0.15, -0.1) is 23.1 Å². The van der Waals surface area contributed by atoms with Crippen LogP contribution in [-0.4, -0.2) is 47.1 Å². The fourth-order valence-electron chi connectivity index (χ4n) is 2.62. The van der Waals surface area contributed by atoms with Gasteiger partial charge in [-0.25, -0.2) is 4.98 Å². The quantitative estimate of drug-likeness (QED) is 0.919. The molecule has 0 spiro atoms. The first kappa shape index (κ1) is 16.3. The van der Waals surface area contributed by atoms with Gasteiger partial charge in [0.1, 0.15) is 11.4 Å². The van der Waals surface area contributed by atoms with Crippen molar-refractivity contribution in [3.8, 4) is 16.2 Å². The minimum atomic E-state index is -0.0346. The van der Waals surface area contributed by atoms with Crippen molar-refractivity contribution in [2.75, 3.05) is 26.0 Å². The second-order valence-corrected chi connectivity index (χ2v) is 7.69. The molecule has 0 radical (unpaired) electrons. The van der Waals surface area contributed by atoms with Gasteiger partial charge >= 0.3 is 0 Å². The highest BCUT2D eigenvalue weighted by atomic mass is 32.2. The Bertz CT molecular complexity index is 717. The minimum Gasteiger partial charge on any atom is -0.497 e. The Balaban J connectivity index is 1.98. The number of aromatic nitrogens is 1. The highest BCUT2D eigenvalue weighted by molar-refractivity contribution is 8.00. The summed E-state index contributed by atoms with van der Waals surface area (Å²) in [4.78, 5) is 20.2. The third kappa shape index (κ3) is 3.22. The standard InChI is InChI=1S/C16H19N3O2S2/c1-10-18-14(16(20)19-6-7-22-13(19)9-17)15(23-10)11-4-3-5-12(8-11)21-2/h3-5,8,13H,6-7,9,17H2,1-2H3. The molecule has 1 amide bonds. The minimum absolute atomic E-state index is 0.0346. The zero-order valence-electron chi connectivity index (χ0n) is 13.1. The van der Waals surface area contributed by atoms with E-state index >= 15 is 0 Å². The van der Waals surface area contributed by atoms with Crippen molar-refractivity contribution in [2.45, 2.75) is 12.3 Å². The summed E-state index contributed by atoms with van der Waals surface area (Å²) in [6.45, 7) is 3.11. The molecule has 2 heterocycles. The number of carbonyl (C=O) groups excluding carboxylic acids is 1. The largest absolute Gasteiger partial charge is 0.497 e. The molecule has 5 nitrogen and oxygen atoms in total. The molecular formula is C16H19N3O2S2. The van der Waals surface area contributed by atoms with E-state index in [-0.39, 0.29) is 11.3 Å². The van der Waals surface area contributed by atoms with Crippen LogP contribution < -0.4 is 10.5 Å². The van der Waals surface area contributed by atoms with E-state index in [1.165, 1.54) is 11.3 Å². The zero-order chi connectivity index (χ0) is 16.4. The monoisotopic (exact) mass is 349 g/mol. The second kappa shape index (κ2) is 6.90. The molecule has 1 aromatic carbocycles. The van der Waals surface area contributed by atoms with Crippen LogP contribution in [0, 0.1) is 6.92 Å². The average molecular weight is 349 g/mol. The Morgan fingerprint density at radius 1 is 1.52 bits per heavy atom. The van der Waals surface area contributed by atoms with Crippen LogP contribution >= 0.6 is 23.1 Å². The van der Waals surface area contributed by atoms with Crippen LogP contribution in [0.4, 0.5) is 0 Å². The molecule has 1 aliphatic heterocycles. The van der Waals surface area contributed by atoms with Crippen molar-refractivity contribution in [1.82, 2.24) is 9.88 Å². The van der Waals surface area contributed by atoms with Gasteiger partial charge in [-0.3, -0.25) is 4.79 Å². The van der Waals surface area contributed by atoms with Crippen LogP contribution in [0.15, 0.2) is 24.3 Å². The van der Waals surface area contributed by atoms with E-state index in [0.29, 0.717) is 12.2 Å². The number of aryl methyl sites for hydroxylation is 1. The summed E-state index contributed by atoms with van der Waals surface area (Å²) in [5, 5.41) is 0.921. The normalized spacial score (nSPS) is 17.5. The third-order valence-corrected chi connectivity index (χ3v) is 5.99. The number of hydrogen-bond donors (Lipinski definition) is 1. The molecule has 2 N–H and O–H groups in total. The molecule has 122 valence electrons. The number of rotatable bonds is 4. The molecule has 1 fully saturated rings. The van der Waals surface area contributed by atoms with Crippen molar-refractivity contribution in [3.63, 3.8) is 0 Å². The third-order valence-electron chi connectivity index (χ3n) is 3.72. The van der Waals surface area contributed by atoms with Crippen LogP contribution in [0.3, 0.4) is 0 Å². The summed E-state index contributed by atoms with van der Waals surface area (Å²) < 4.78 is 5.29. The number of thioether (sulfide) groups is 1. The van der Waals surface area contributed by atoms with E-state index in [0.717, 1.165) is 33.5 Å². The van der Waals surface area contributed by atoms with Crippen molar-refractivity contribution in [2.24, 2.45) is 5.73 Å². The van der Waals surface area contributed by atoms with Gasteiger partial charge in [-0.1, -0.05) is 12.1 Å². The lowest BCUT2D eigenvalue weighted by Gasteiger charge is -2.22. The zero-order valence-corrected chi connectivity index (χ0v) is 14.7. The first-order chi connectivity index (χ1) is 11.1. The number of carbonyl (C=O) groups is 1. The SMILES string of the molecule is COc1cccc(-c2sc(C)nc2C(=O)N2CCSC2CN)c1. The summed E-state index contributed by atoms with van der Waals surface area (Å²) in [5.41, 5.74) is 7.25. The number of ether oxygens (including phenoxy) is 1. The second-order valence-electron chi connectivity index (χ2n) is 5.20. The van der Waals surface area contributed by atoms with Crippen LogP contribution in [0.5, 0.6) is 5.75 Å². The number of hydrogen-bond acceptors (Lipinski definition) is 6. The molecule has 0 aliphatic carbocycles. The van der Waals surface area contributed by atoms with Crippen molar-refractivity contribution < 1.29 is 9.53 Å². The van der Waals surface area contributed by atoms with Gasteiger partial charge in [0, 0.05) is 18.8 Å². The highest BCUT2D eigenvalue weighted by Crippen LogP contribution is 2.34. The lowest BCUT2D eigenvalue weighted by molar-refractivity contribution is 0.0759. The average Bonchev–Trinajstić information content (AvgIpc) is 3.20. The maximum absolute atomic E-state index is 12.9. The number of benzene rings is 1. The van der Waals surface area contributed by atoms with E-state index in [9.17, 15) is 4.79 Å². The molecule has 1 saturated heterocycles. The topological polar surface area (TPSA) is 68.5 Å². The van der Waals surface area contributed by atoms with Crippen molar-refractivity contribution >= 4 is 29.0 Å². The van der Waals surface area contributed by atoms with Crippen LogP contribution in [-0.2, 0) is 0 Å². The number of nitrogens with zero attached hydrogens (tertiary/aromatic N) is 2. The molecule has 1 unspecified atom stereocenters. The van der Waals surface area contributed by atoms with Crippen LogP contribution in [0.2, 0.25) is 0 Å². The van der Waals surface area contributed by atoms with Gasteiger partial charge in [0.15, 0.2) is 0 Å². The fourth-order valence-corrected chi connectivity index (χ4v) is 4.61. The Morgan fingerprint density at radius 2 is 2.35 bits per heavy atom. The number of methoxy groups -OCH3 is 1. The van der Waals surface area contributed by atoms with Gasteiger partial charge in [-0.2, -0.15) is 0 Å². The molecule has 2 aromatic rings. The molecule has 0 saturated carbocycles. The summed E-state index contributed by atoms with van der Waals surface area (Å²) in [6, 6.07) is 7.72. The highest BCUT2D eigenvalue weighted by Gasteiger charge is 2.32. The molecule has 1 atom stereocenters. The van der Waals surface area contributed by atoms with Gasteiger partial charge < -0.3 is 15.4 Å². The molecule has 1 aliphatic rings. The molecule has 7 heteroatoms. The van der Waals surface area contributed by atoms with E-state index in [2.05, 4.69) is 4.98 Å². The van der Waals surface area contributed by atoms with Crippen molar-refractivity contribution in [1.29, 1.82) is 0 Å². The van der Waals surface area contributed by atoms with E-state index in [1.54, 1.807) is 18.9 Å². The molecule has 0 bridgehead atoms. The smallest absolute Gasteiger partial charge is 0.274 e. The maximum Gasteiger partial charge on any atom is 0.274 e. The number of nitrogens with two attached hydrogens (primary N) is 1.